The molecule has 76 valence electrons. The van der Waals surface area contributed by atoms with E-state index in [-0.39, 0.29) is 0 Å². The highest BCUT2D eigenvalue weighted by atomic mass is 14.7. The van der Waals surface area contributed by atoms with Gasteiger partial charge in [-0.2, -0.15) is 0 Å². The lowest BCUT2D eigenvalue weighted by Gasteiger charge is -2.27. The van der Waals surface area contributed by atoms with Crippen molar-refractivity contribution in [2.45, 2.75) is 53.4 Å². The highest BCUT2D eigenvalue weighted by Gasteiger charge is 2.62. The predicted octanol–water partition coefficient (Wildman–Crippen LogP) is 4.10. The summed E-state index contributed by atoms with van der Waals surface area (Å²) in [6.45, 7) is 9.83. The van der Waals surface area contributed by atoms with E-state index in [1.165, 1.54) is 25.7 Å². The molecular formula is C13H24. The van der Waals surface area contributed by atoms with Crippen LogP contribution in [0.4, 0.5) is 0 Å². The molecule has 2 aliphatic rings. The second-order valence-corrected chi connectivity index (χ2v) is 5.56. The summed E-state index contributed by atoms with van der Waals surface area (Å²) in [5, 5.41) is 0. The fraction of sp³-hybridized carbons (Fsp3) is 1.00. The quantitative estimate of drug-likeness (QED) is 0.600. The van der Waals surface area contributed by atoms with Crippen molar-refractivity contribution in [2.24, 2.45) is 29.1 Å². The molecule has 2 rings (SSSR count). The maximum atomic E-state index is 2.48. The minimum absolute atomic E-state index is 0.760. The summed E-state index contributed by atoms with van der Waals surface area (Å²) in [6.07, 6.45) is 5.92. The third-order valence-corrected chi connectivity index (χ3v) is 5.50. The molecule has 0 aliphatic heterocycles. The van der Waals surface area contributed by atoms with Crippen molar-refractivity contribution in [3.05, 3.63) is 0 Å². The van der Waals surface area contributed by atoms with Crippen molar-refractivity contribution in [1.82, 2.24) is 0 Å². The minimum atomic E-state index is 0.760. The van der Waals surface area contributed by atoms with Crippen LogP contribution in [0, 0.1) is 29.1 Å². The summed E-state index contributed by atoms with van der Waals surface area (Å²) in [4.78, 5) is 0. The molecule has 0 heteroatoms. The lowest BCUT2D eigenvalue weighted by atomic mass is 9.77. The van der Waals surface area contributed by atoms with E-state index in [9.17, 15) is 0 Å². The molecule has 0 radical (unpaired) electrons. The summed E-state index contributed by atoms with van der Waals surface area (Å²) in [6, 6.07) is 0. The zero-order valence-corrected chi connectivity index (χ0v) is 9.64. The Morgan fingerprint density at radius 1 is 1.08 bits per heavy atom. The molecule has 0 aromatic carbocycles. The van der Waals surface area contributed by atoms with Crippen LogP contribution in [0.25, 0.3) is 0 Å². The number of hydrogen-bond donors (Lipinski definition) is 0. The van der Waals surface area contributed by atoms with Gasteiger partial charge in [-0.15, -0.1) is 0 Å². The molecule has 13 heavy (non-hydrogen) atoms. The summed E-state index contributed by atoms with van der Waals surface area (Å²) >= 11 is 0. The molecule has 0 amide bonds. The van der Waals surface area contributed by atoms with Crippen LogP contribution in [0.5, 0.6) is 0 Å². The lowest BCUT2D eigenvalue weighted by molar-refractivity contribution is 0.212. The first-order chi connectivity index (χ1) is 6.14. The van der Waals surface area contributed by atoms with Crippen LogP contribution in [0.1, 0.15) is 53.4 Å². The van der Waals surface area contributed by atoms with Gasteiger partial charge in [-0.05, 0) is 41.9 Å². The Morgan fingerprint density at radius 2 is 1.69 bits per heavy atom. The first-order valence-electron chi connectivity index (χ1n) is 6.14. The highest BCUT2D eigenvalue weighted by molar-refractivity contribution is 5.10. The molecule has 0 aromatic heterocycles. The second kappa shape index (κ2) is 3.00. The smallest absolute Gasteiger partial charge is 0.0212 e. The summed E-state index contributed by atoms with van der Waals surface area (Å²) in [5.41, 5.74) is 0.760. The summed E-state index contributed by atoms with van der Waals surface area (Å²) < 4.78 is 0. The van der Waals surface area contributed by atoms with Crippen LogP contribution in [0.15, 0.2) is 0 Å². The fourth-order valence-corrected chi connectivity index (χ4v) is 4.42. The van der Waals surface area contributed by atoms with E-state index < -0.39 is 0 Å². The van der Waals surface area contributed by atoms with E-state index in [0.29, 0.717) is 0 Å². The van der Waals surface area contributed by atoms with Gasteiger partial charge in [-0.25, -0.2) is 0 Å². The number of hydrogen-bond acceptors (Lipinski definition) is 0. The number of rotatable bonds is 2. The molecule has 0 aromatic rings. The zero-order valence-electron chi connectivity index (χ0n) is 9.64. The van der Waals surface area contributed by atoms with Gasteiger partial charge in [0.05, 0.1) is 0 Å². The van der Waals surface area contributed by atoms with E-state index in [1.807, 2.05) is 0 Å². The van der Waals surface area contributed by atoms with Gasteiger partial charge in [-0.3, -0.25) is 0 Å². The monoisotopic (exact) mass is 180 g/mol. The van der Waals surface area contributed by atoms with Crippen LogP contribution >= 0.6 is 0 Å². The average molecular weight is 180 g/mol. The van der Waals surface area contributed by atoms with Crippen LogP contribution in [-0.4, -0.2) is 0 Å². The third kappa shape index (κ3) is 1.10. The van der Waals surface area contributed by atoms with Crippen LogP contribution < -0.4 is 0 Å². The van der Waals surface area contributed by atoms with E-state index in [1.54, 1.807) is 0 Å². The molecule has 0 heterocycles. The van der Waals surface area contributed by atoms with Gasteiger partial charge in [0.15, 0.2) is 0 Å². The van der Waals surface area contributed by atoms with E-state index in [4.69, 9.17) is 0 Å². The van der Waals surface area contributed by atoms with Crippen molar-refractivity contribution in [3.8, 4) is 0 Å². The van der Waals surface area contributed by atoms with Crippen LogP contribution in [0.2, 0.25) is 0 Å². The first-order valence-corrected chi connectivity index (χ1v) is 6.14. The Bertz CT molecular complexity index is 186. The SMILES string of the molecule is CCC1(C2CCCC2C)C(C)C1C. The van der Waals surface area contributed by atoms with Crippen molar-refractivity contribution in [1.29, 1.82) is 0 Å². The molecule has 0 saturated heterocycles. The molecule has 4 atom stereocenters. The van der Waals surface area contributed by atoms with Crippen molar-refractivity contribution < 1.29 is 0 Å². The second-order valence-electron chi connectivity index (χ2n) is 5.56. The molecular weight excluding hydrogens is 156 g/mol. The van der Waals surface area contributed by atoms with Gasteiger partial charge in [0.1, 0.15) is 0 Å². The Hall–Kier alpha value is 0. The maximum absolute atomic E-state index is 2.48. The molecule has 2 fully saturated rings. The van der Waals surface area contributed by atoms with Crippen molar-refractivity contribution in [2.75, 3.05) is 0 Å². The predicted molar refractivity (Wildman–Crippen MR) is 57.6 cm³/mol. The molecule has 0 spiro atoms. The van der Waals surface area contributed by atoms with E-state index in [2.05, 4.69) is 27.7 Å². The van der Waals surface area contributed by atoms with E-state index in [0.717, 1.165) is 29.1 Å². The Morgan fingerprint density at radius 3 is 2.00 bits per heavy atom. The Balaban J connectivity index is 2.14. The lowest BCUT2D eigenvalue weighted by Crippen LogP contribution is -2.20. The largest absolute Gasteiger partial charge is 0.0648 e. The standard InChI is InChI=1S/C13H24/c1-5-13(10(3)11(13)4)12-8-6-7-9(12)2/h9-12H,5-8H2,1-4H3. The molecule has 0 nitrogen and oxygen atoms in total. The fourth-order valence-electron chi connectivity index (χ4n) is 4.42. The molecule has 2 aliphatic carbocycles. The first kappa shape index (κ1) is 9.55. The van der Waals surface area contributed by atoms with Gasteiger partial charge in [0, 0.05) is 0 Å². The highest BCUT2D eigenvalue weighted by Crippen LogP contribution is 2.68. The van der Waals surface area contributed by atoms with Gasteiger partial charge in [-0.1, -0.05) is 40.5 Å². The molecule has 4 unspecified atom stereocenters. The third-order valence-electron chi connectivity index (χ3n) is 5.50. The van der Waals surface area contributed by atoms with Crippen molar-refractivity contribution in [3.63, 3.8) is 0 Å². The van der Waals surface area contributed by atoms with Gasteiger partial charge >= 0.3 is 0 Å². The average Bonchev–Trinajstić information content (AvgIpc) is 2.51. The molecule has 2 saturated carbocycles. The van der Waals surface area contributed by atoms with Gasteiger partial charge in [0.25, 0.3) is 0 Å². The van der Waals surface area contributed by atoms with Gasteiger partial charge < -0.3 is 0 Å². The summed E-state index contributed by atoms with van der Waals surface area (Å²) in [5.74, 6) is 4.07. The minimum Gasteiger partial charge on any atom is -0.0648 e. The zero-order chi connectivity index (χ0) is 9.64. The normalized spacial score (nSPS) is 55.4. The Kier molecular flexibility index (Phi) is 2.20. The van der Waals surface area contributed by atoms with E-state index >= 15 is 0 Å². The topological polar surface area (TPSA) is 0 Å². The van der Waals surface area contributed by atoms with Crippen molar-refractivity contribution >= 4 is 0 Å². The Labute approximate surface area is 83.1 Å². The van der Waals surface area contributed by atoms with Crippen LogP contribution in [-0.2, 0) is 0 Å². The molecule has 0 bridgehead atoms. The molecule has 0 N–H and O–H groups in total. The summed E-state index contributed by atoms with van der Waals surface area (Å²) in [7, 11) is 0. The van der Waals surface area contributed by atoms with Gasteiger partial charge in [0.2, 0.25) is 0 Å². The maximum Gasteiger partial charge on any atom is -0.0212 e. The van der Waals surface area contributed by atoms with Crippen LogP contribution in [0.3, 0.4) is 0 Å².